The van der Waals surface area contributed by atoms with Crippen molar-refractivity contribution in [3.8, 4) is 0 Å². The molecule has 1 rings (SSSR count). The zero-order chi connectivity index (χ0) is 13.1. The van der Waals surface area contributed by atoms with Crippen LogP contribution in [-0.2, 0) is 11.2 Å². The Balaban J connectivity index is 2.90. The van der Waals surface area contributed by atoms with E-state index >= 15 is 0 Å². The van der Waals surface area contributed by atoms with Crippen molar-refractivity contribution >= 4 is 29.1 Å². The molecule has 0 unspecified atom stereocenters. The molecule has 0 aromatic heterocycles. The van der Waals surface area contributed by atoms with E-state index in [9.17, 15) is 18.0 Å². The van der Waals surface area contributed by atoms with Crippen LogP contribution >= 0.6 is 23.4 Å². The smallest absolute Gasteiger partial charge is 0.298 e. The zero-order valence-corrected chi connectivity index (χ0v) is 10.5. The van der Waals surface area contributed by atoms with Crippen molar-refractivity contribution in [1.29, 1.82) is 0 Å². The van der Waals surface area contributed by atoms with Gasteiger partial charge in [-0.2, -0.15) is 13.2 Å². The lowest BCUT2D eigenvalue weighted by atomic mass is 10.1. The average Bonchev–Trinajstić information content (AvgIpc) is 2.13. The summed E-state index contributed by atoms with van der Waals surface area (Å²) >= 11 is 5.17. The fourth-order valence-corrected chi connectivity index (χ4v) is 2.21. The number of thioether (sulfide) groups is 1. The number of Topliss-reactive ketones (excluding diaryl/α,β-unsaturated/α-hetero) is 1. The molecule has 0 bridgehead atoms. The van der Waals surface area contributed by atoms with Crippen LogP contribution in [0.4, 0.5) is 13.2 Å². The molecule has 0 spiro atoms. The largest absolute Gasteiger partial charge is 0.446 e. The fourth-order valence-electron chi connectivity index (χ4n) is 1.39. The van der Waals surface area contributed by atoms with Gasteiger partial charge in [-0.1, -0.05) is 6.07 Å². The average molecular weight is 283 g/mol. The van der Waals surface area contributed by atoms with Crippen LogP contribution in [0, 0.1) is 6.92 Å². The minimum absolute atomic E-state index is 0.0661. The quantitative estimate of drug-likeness (QED) is 0.614. The SMILES string of the molecule is Cc1cc(CC(=O)CCl)cc(SC(F)(F)F)c1. The summed E-state index contributed by atoms with van der Waals surface area (Å²) in [6.07, 6.45) is 0.0661. The standard InChI is InChI=1S/C11H10ClF3OS/c1-7-2-8(4-9(16)6-12)5-10(3-7)17-11(13,14)15/h2-3,5H,4,6H2,1H3. The lowest BCUT2D eigenvalue weighted by Gasteiger charge is -2.08. The van der Waals surface area contributed by atoms with Crippen LogP contribution in [0.3, 0.4) is 0 Å². The van der Waals surface area contributed by atoms with Gasteiger partial charge in [0.2, 0.25) is 0 Å². The summed E-state index contributed by atoms with van der Waals surface area (Å²) in [7, 11) is 0. The second kappa shape index (κ2) is 5.78. The van der Waals surface area contributed by atoms with Crippen molar-refractivity contribution < 1.29 is 18.0 Å². The molecule has 0 aliphatic rings. The molecule has 17 heavy (non-hydrogen) atoms. The van der Waals surface area contributed by atoms with E-state index in [0.29, 0.717) is 11.1 Å². The first-order valence-corrected chi connectivity index (χ1v) is 6.09. The van der Waals surface area contributed by atoms with Crippen LogP contribution in [0.25, 0.3) is 0 Å². The van der Waals surface area contributed by atoms with E-state index in [2.05, 4.69) is 0 Å². The van der Waals surface area contributed by atoms with Gasteiger partial charge >= 0.3 is 5.51 Å². The Morgan fingerprint density at radius 1 is 1.35 bits per heavy atom. The van der Waals surface area contributed by atoms with E-state index < -0.39 is 5.51 Å². The van der Waals surface area contributed by atoms with Crippen LogP contribution in [-0.4, -0.2) is 17.2 Å². The zero-order valence-electron chi connectivity index (χ0n) is 8.97. The molecule has 0 heterocycles. The first kappa shape index (κ1) is 14.4. The number of carbonyl (C=O) groups is 1. The number of carbonyl (C=O) groups excluding carboxylic acids is 1. The lowest BCUT2D eigenvalue weighted by Crippen LogP contribution is -2.05. The van der Waals surface area contributed by atoms with Crippen molar-refractivity contribution in [3.63, 3.8) is 0 Å². The molecule has 0 N–H and O–H groups in total. The summed E-state index contributed by atoms with van der Waals surface area (Å²) in [6, 6.07) is 4.49. The van der Waals surface area contributed by atoms with Gasteiger partial charge in [-0.3, -0.25) is 4.79 Å². The predicted octanol–water partition coefficient (Wildman–Crippen LogP) is 3.96. The number of hydrogen-bond donors (Lipinski definition) is 0. The maximum atomic E-state index is 12.2. The first-order chi connectivity index (χ1) is 7.80. The van der Waals surface area contributed by atoms with Gasteiger partial charge in [0.05, 0.1) is 5.88 Å². The molecule has 94 valence electrons. The number of hydrogen-bond acceptors (Lipinski definition) is 2. The number of alkyl halides is 4. The summed E-state index contributed by atoms with van der Waals surface area (Å²) in [6.45, 7) is 1.69. The number of halogens is 4. The molecule has 0 atom stereocenters. The molecule has 0 fully saturated rings. The number of benzene rings is 1. The Morgan fingerprint density at radius 3 is 2.53 bits per heavy atom. The highest BCUT2D eigenvalue weighted by Gasteiger charge is 2.29. The molecule has 0 aliphatic heterocycles. The van der Waals surface area contributed by atoms with Gasteiger partial charge in [-0.25, -0.2) is 0 Å². The van der Waals surface area contributed by atoms with Crippen LogP contribution in [0.1, 0.15) is 11.1 Å². The number of rotatable bonds is 4. The minimum atomic E-state index is -4.32. The highest BCUT2D eigenvalue weighted by Crippen LogP contribution is 2.37. The second-order valence-electron chi connectivity index (χ2n) is 3.55. The summed E-state index contributed by atoms with van der Waals surface area (Å²) in [5, 5.41) is 0. The molecule has 0 amide bonds. The van der Waals surface area contributed by atoms with E-state index in [1.54, 1.807) is 13.0 Å². The Hall–Kier alpha value is -0.680. The lowest BCUT2D eigenvalue weighted by molar-refractivity contribution is -0.116. The third kappa shape index (κ3) is 5.46. The van der Waals surface area contributed by atoms with Gasteiger partial charge in [0.1, 0.15) is 0 Å². The topological polar surface area (TPSA) is 17.1 Å². The van der Waals surface area contributed by atoms with E-state index in [4.69, 9.17) is 11.6 Å². The van der Waals surface area contributed by atoms with E-state index in [0.717, 1.165) is 0 Å². The Bertz CT molecular complexity index is 418. The Labute approximate surface area is 106 Å². The summed E-state index contributed by atoms with van der Waals surface area (Å²) in [5.41, 5.74) is -3.07. The molecule has 1 aromatic rings. The number of aryl methyl sites for hydroxylation is 1. The maximum absolute atomic E-state index is 12.2. The third-order valence-electron chi connectivity index (χ3n) is 1.89. The summed E-state index contributed by atoms with van der Waals surface area (Å²) in [5.74, 6) is -0.337. The normalized spacial score (nSPS) is 11.6. The van der Waals surface area contributed by atoms with Gasteiger partial charge < -0.3 is 0 Å². The molecule has 0 saturated heterocycles. The van der Waals surface area contributed by atoms with Crippen molar-refractivity contribution in [1.82, 2.24) is 0 Å². The Morgan fingerprint density at radius 2 is 2.00 bits per heavy atom. The fraction of sp³-hybridized carbons (Fsp3) is 0.364. The van der Waals surface area contributed by atoms with Gasteiger partial charge in [0.25, 0.3) is 0 Å². The minimum Gasteiger partial charge on any atom is -0.298 e. The van der Waals surface area contributed by atoms with Crippen LogP contribution in [0.5, 0.6) is 0 Å². The van der Waals surface area contributed by atoms with Gasteiger partial charge in [-0.15, -0.1) is 11.6 Å². The molecular formula is C11H10ClF3OS. The van der Waals surface area contributed by atoms with Gasteiger partial charge in [-0.05, 0) is 41.9 Å². The molecule has 6 heteroatoms. The molecule has 0 saturated carbocycles. The van der Waals surface area contributed by atoms with Crippen molar-refractivity contribution in [3.05, 3.63) is 29.3 Å². The van der Waals surface area contributed by atoms with E-state index in [1.807, 2.05) is 0 Å². The van der Waals surface area contributed by atoms with Crippen LogP contribution < -0.4 is 0 Å². The van der Waals surface area contributed by atoms with E-state index in [1.165, 1.54) is 12.1 Å². The predicted molar refractivity (Wildman–Crippen MR) is 62.5 cm³/mol. The van der Waals surface area contributed by atoms with Gasteiger partial charge in [0.15, 0.2) is 5.78 Å². The highest BCUT2D eigenvalue weighted by atomic mass is 35.5. The molecule has 0 radical (unpaired) electrons. The van der Waals surface area contributed by atoms with Crippen molar-refractivity contribution in [2.45, 2.75) is 23.7 Å². The molecule has 1 nitrogen and oxygen atoms in total. The van der Waals surface area contributed by atoms with Gasteiger partial charge in [0, 0.05) is 11.3 Å². The van der Waals surface area contributed by atoms with Crippen molar-refractivity contribution in [2.24, 2.45) is 0 Å². The monoisotopic (exact) mass is 282 g/mol. The maximum Gasteiger partial charge on any atom is 0.446 e. The second-order valence-corrected chi connectivity index (χ2v) is 4.96. The summed E-state index contributed by atoms with van der Waals surface area (Å²) < 4.78 is 36.6. The molecular weight excluding hydrogens is 273 g/mol. The highest BCUT2D eigenvalue weighted by molar-refractivity contribution is 8.00. The van der Waals surface area contributed by atoms with Crippen molar-refractivity contribution in [2.75, 3.05) is 5.88 Å². The first-order valence-electron chi connectivity index (χ1n) is 4.74. The van der Waals surface area contributed by atoms with Crippen LogP contribution in [0.2, 0.25) is 0 Å². The van der Waals surface area contributed by atoms with E-state index in [-0.39, 0.29) is 34.7 Å². The molecule has 0 aliphatic carbocycles. The molecule has 1 aromatic carbocycles. The Kier molecular flexibility index (Phi) is 4.89. The third-order valence-corrected chi connectivity index (χ3v) is 2.90. The summed E-state index contributed by atoms with van der Waals surface area (Å²) in [4.78, 5) is 11.2. The number of ketones is 1. The van der Waals surface area contributed by atoms with Crippen LogP contribution in [0.15, 0.2) is 23.1 Å².